The third kappa shape index (κ3) is 2.53. The van der Waals surface area contributed by atoms with E-state index in [0.717, 1.165) is 39.0 Å². The van der Waals surface area contributed by atoms with E-state index in [4.69, 9.17) is 0 Å². The molecule has 5 nitrogen and oxygen atoms in total. The van der Waals surface area contributed by atoms with Gasteiger partial charge in [-0.25, -0.2) is 4.79 Å². The van der Waals surface area contributed by atoms with Crippen LogP contribution in [0.4, 0.5) is 4.79 Å². The van der Waals surface area contributed by atoms with Gasteiger partial charge in [0.2, 0.25) is 5.91 Å². The highest BCUT2D eigenvalue weighted by atomic mass is 16.2. The Morgan fingerprint density at radius 2 is 1.94 bits per heavy atom. The van der Waals surface area contributed by atoms with Crippen molar-refractivity contribution in [2.24, 2.45) is 5.92 Å². The van der Waals surface area contributed by atoms with Crippen LogP contribution < -0.4 is 5.32 Å². The predicted octanol–water partition coefficient (Wildman–Crippen LogP) is 0.659. The number of piperidine rings is 1. The van der Waals surface area contributed by atoms with E-state index >= 15 is 0 Å². The normalized spacial score (nSPS) is 22.2. The maximum absolute atomic E-state index is 11.8. The number of hydrogen-bond acceptors (Lipinski definition) is 2. The number of urea groups is 1. The van der Waals surface area contributed by atoms with Crippen molar-refractivity contribution in [1.29, 1.82) is 0 Å². The SMILES string of the molecule is CC(C)C(=O)N1CCC(N2CCNC2=O)CC1. The molecular formula is C12H21N3O2. The molecule has 2 rings (SSSR count). The van der Waals surface area contributed by atoms with Gasteiger partial charge < -0.3 is 15.1 Å². The summed E-state index contributed by atoms with van der Waals surface area (Å²) in [7, 11) is 0. The number of rotatable bonds is 2. The van der Waals surface area contributed by atoms with Crippen LogP contribution in [-0.2, 0) is 4.79 Å². The van der Waals surface area contributed by atoms with Gasteiger partial charge in [-0.05, 0) is 12.8 Å². The number of nitrogens with zero attached hydrogens (tertiary/aromatic N) is 2. The number of likely N-dealkylation sites (tertiary alicyclic amines) is 1. The van der Waals surface area contributed by atoms with E-state index in [1.807, 2.05) is 23.6 Å². The Hall–Kier alpha value is -1.26. The van der Waals surface area contributed by atoms with Crippen molar-refractivity contribution in [3.63, 3.8) is 0 Å². The summed E-state index contributed by atoms with van der Waals surface area (Å²) >= 11 is 0. The van der Waals surface area contributed by atoms with Crippen molar-refractivity contribution in [2.75, 3.05) is 26.2 Å². The van der Waals surface area contributed by atoms with E-state index in [1.54, 1.807) is 0 Å². The van der Waals surface area contributed by atoms with Crippen LogP contribution in [0.25, 0.3) is 0 Å². The van der Waals surface area contributed by atoms with Crippen LogP contribution in [0.5, 0.6) is 0 Å². The summed E-state index contributed by atoms with van der Waals surface area (Å²) in [6.45, 7) is 6.99. The maximum Gasteiger partial charge on any atom is 0.317 e. The molecule has 17 heavy (non-hydrogen) atoms. The van der Waals surface area contributed by atoms with Crippen molar-refractivity contribution in [3.8, 4) is 0 Å². The van der Waals surface area contributed by atoms with Crippen molar-refractivity contribution in [3.05, 3.63) is 0 Å². The smallest absolute Gasteiger partial charge is 0.317 e. The molecule has 0 unspecified atom stereocenters. The lowest BCUT2D eigenvalue weighted by molar-refractivity contribution is -0.135. The van der Waals surface area contributed by atoms with Crippen molar-refractivity contribution in [2.45, 2.75) is 32.7 Å². The molecule has 0 atom stereocenters. The Kier molecular flexibility index (Phi) is 3.54. The molecule has 2 aliphatic heterocycles. The van der Waals surface area contributed by atoms with Crippen LogP contribution in [0, 0.1) is 5.92 Å². The standard InChI is InChI=1S/C12H21N3O2/c1-9(2)11(16)14-6-3-10(4-7-14)15-8-5-13-12(15)17/h9-10H,3-8H2,1-2H3,(H,13,17). The van der Waals surface area contributed by atoms with Gasteiger partial charge in [-0.3, -0.25) is 4.79 Å². The second kappa shape index (κ2) is 4.94. The number of carbonyl (C=O) groups is 2. The fraction of sp³-hybridized carbons (Fsp3) is 0.833. The Morgan fingerprint density at radius 1 is 1.29 bits per heavy atom. The van der Waals surface area contributed by atoms with E-state index in [1.165, 1.54) is 0 Å². The van der Waals surface area contributed by atoms with E-state index in [2.05, 4.69) is 5.32 Å². The zero-order valence-corrected chi connectivity index (χ0v) is 10.6. The van der Waals surface area contributed by atoms with Gasteiger partial charge in [-0.15, -0.1) is 0 Å². The van der Waals surface area contributed by atoms with Crippen LogP contribution in [-0.4, -0.2) is 54.0 Å². The average Bonchev–Trinajstić information content (AvgIpc) is 2.74. The third-order valence-electron chi connectivity index (χ3n) is 3.60. The fourth-order valence-electron chi connectivity index (χ4n) is 2.60. The summed E-state index contributed by atoms with van der Waals surface area (Å²) in [6.07, 6.45) is 1.82. The molecule has 0 aromatic carbocycles. The molecule has 2 saturated heterocycles. The van der Waals surface area contributed by atoms with Crippen LogP contribution in [0.15, 0.2) is 0 Å². The first-order chi connectivity index (χ1) is 8.09. The Balaban J connectivity index is 1.85. The third-order valence-corrected chi connectivity index (χ3v) is 3.60. The van der Waals surface area contributed by atoms with E-state index < -0.39 is 0 Å². The zero-order valence-electron chi connectivity index (χ0n) is 10.6. The summed E-state index contributed by atoms with van der Waals surface area (Å²) < 4.78 is 0. The minimum atomic E-state index is 0.0543. The summed E-state index contributed by atoms with van der Waals surface area (Å²) in [5.41, 5.74) is 0. The van der Waals surface area contributed by atoms with E-state index in [-0.39, 0.29) is 17.9 Å². The quantitative estimate of drug-likeness (QED) is 0.769. The van der Waals surface area contributed by atoms with E-state index in [9.17, 15) is 9.59 Å². The molecule has 0 aromatic heterocycles. The molecule has 0 radical (unpaired) electrons. The van der Waals surface area contributed by atoms with Gasteiger partial charge in [-0.1, -0.05) is 13.8 Å². The zero-order chi connectivity index (χ0) is 12.4. The summed E-state index contributed by atoms with van der Waals surface area (Å²) in [5, 5.41) is 2.83. The monoisotopic (exact) mass is 239 g/mol. The molecule has 0 spiro atoms. The number of hydrogen-bond donors (Lipinski definition) is 1. The second-order valence-corrected chi connectivity index (χ2v) is 5.14. The molecular weight excluding hydrogens is 218 g/mol. The maximum atomic E-state index is 11.8. The molecule has 0 aromatic rings. The first-order valence-corrected chi connectivity index (χ1v) is 6.43. The lowest BCUT2D eigenvalue weighted by Gasteiger charge is -2.36. The molecule has 2 heterocycles. The first kappa shape index (κ1) is 12.2. The lowest BCUT2D eigenvalue weighted by Crippen LogP contribution is -2.48. The van der Waals surface area contributed by atoms with Crippen molar-refractivity contribution >= 4 is 11.9 Å². The van der Waals surface area contributed by atoms with Gasteiger partial charge >= 0.3 is 6.03 Å². The molecule has 1 N–H and O–H groups in total. The fourth-order valence-corrected chi connectivity index (χ4v) is 2.60. The molecule has 5 heteroatoms. The van der Waals surface area contributed by atoms with Gasteiger partial charge in [0, 0.05) is 38.1 Å². The van der Waals surface area contributed by atoms with Gasteiger partial charge in [0.1, 0.15) is 0 Å². The number of amides is 3. The van der Waals surface area contributed by atoms with Crippen LogP contribution >= 0.6 is 0 Å². The largest absolute Gasteiger partial charge is 0.342 e. The van der Waals surface area contributed by atoms with Gasteiger partial charge in [-0.2, -0.15) is 0 Å². The highest BCUT2D eigenvalue weighted by molar-refractivity contribution is 5.78. The minimum absolute atomic E-state index is 0.0543. The lowest BCUT2D eigenvalue weighted by atomic mass is 10.0. The van der Waals surface area contributed by atoms with Gasteiger partial charge in [0.05, 0.1) is 0 Å². The molecule has 2 fully saturated rings. The second-order valence-electron chi connectivity index (χ2n) is 5.14. The molecule has 3 amide bonds. The summed E-state index contributed by atoms with van der Waals surface area (Å²) in [4.78, 5) is 27.2. The Morgan fingerprint density at radius 3 is 2.41 bits per heavy atom. The number of nitrogens with one attached hydrogen (secondary N) is 1. The molecule has 0 saturated carbocycles. The van der Waals surface area contributed by atoms with Crippen LogP contribution in [0.2, 0.25) is 0 Å². The molecule has 0 aliphatic carbocycles. The predicted molar refractivity (Wildman–Crippen MR) is 64.5 cm³/mol. The average molecular weight is 239 g/mol. The highest BCUT2D eigenvalue weighted by Gasteiger charge is 2.32. The molecule has 96 valence electrons. The first-order valence-electron chi connectivity index (χ1n) is 6.43. The number of carbonyl (C=O) groups excluding carboxylic acids is 2. The van der Waals surface area contributed by atoms with Gasteiger partial charge in [0.15, 0.2) is 0 Å². The topological polar surface area (TPSA) is 52.7 Å². The molecule has 0 bridgehead atoms. The van der Waals surface area contributed by atoms with Crippen LogP contribution in [0.3, 0.4) is 0 Å². The van der Waals surface area contributed by atoms with Crippen molar-refractivity contribution < 1.29 is 9.59 Å². The van der Waals surface area contributed by atoms with Gasteiger partial charge in [0.25, 0.3) is 0 Å². The highest BCUT2D eigenvalue weighted by Crippen LogP contribution is 2.19. The Bertz CT molecular complexity index is 309. The van der Waals surface area contributed by atoms with Crippen molar-refractivity contribution in [1.82, 2.24) is 15.1 Å². The summed E-state index contributed by atoms with van der Waals surface area (Å²) in [6, 6.07) is 0.368. The summed E-state index contributed by atoms with van der Waals surface area (Å²) in [5.74, 6) is 0.302. The van der Waals surface area contributed by atoms with E-state index in [0.29, 0.717) is 6.04 Å². The molecule has 2 aliphatic rings. The van der Waals surface area contributed by atoms with Crippen LogP contribution in [0.1, 0.15) is 26.7 Å². The minimum Gasteiger partial charge on any atom is -0.342 e. The Labute approximate surface area is 102 Å².